The van der Waals surface area contributed by atoms with E-state index in [2.05, 4.69) is 60.1 Å². The third-order valence-corrected chi connectivity index (χ3v) is 5.20. The predicted molar refractivity (Wildman–Crippen MR) is 85.1 cm³/mol. The molecule has 2 N–H and O–H groups in total. The maximum absolute atomic E-state index is 10.3. The molecule has 0 unspecified atom stereocenters. The van der Waals surface area contributed by atoms with Crippen LogP contribution >= 0.6 is 0 Å². The Labute approximate surface area is 129 Å². The van der Waals surface area contributed by atoms with Crippen LogP contribution in [0.2, 0.25) is 0 Å². The molecule has 0 heterocycles. The van der Waals surface area contributed by atoms with Crippen LogP contribution in [0.25, 0.3) is 0 Å². The SMILES string of the molecule is ONC12c3ccccc3C(c3ccccc31)c1ccccc12. The zero-order valence-electron chi connectivity index (χ0n) is 12.0. The van der Waals surface area contributed by atoms with E-state index in [1.165, 1.54) is 16.7 Å². The van der Waals surface area contributed by atoms with Gasteiger partial charge in [0, 0.05) is 5.92 Å². The van der Waals surface area contributed by atoms with Gasteiger partial charge in [0.2, 0.25) is 0 Å². The summed E-state index contributed by atoms with van der Waals surface area (Å²) in [5, 5.41) is 10.3. The first-order valence-electron chi connectivity index (χ1n) is 7.57. The Morgan fingerprint density at radius 2 is 1.00 bits per heavy atom. The van der Waals surface area contributed by atoms with Gasteiger partial charge >= 0.3 is 0 Å². The standard InChI is InChI=1S/C20H15NO/c22-21-20-16-10-4-1-7-13(16)19(14-8-2-5-11-17(14)20)15-9-3-6-12-18(15)20/h1-12,19,21-22H. The smallest absolute Gasteiger partial charge is 0.119 e. The van der Waals surface area contributed by atoms with Crippen molar-refractivity contribution < 1.29 is 5.21 Å². The Morgan fingerprint density at radius 3 is 1.36 bits per heavy atom. The zero-order valence-corrected chi connectivity index (χ0v) is 12.0. The van der Waals surface area contributed by atoms with Crippen LogP contribution in [-0.4, -0.2) is 5.21 Å². The summed E-state index contributed by atoms with van der Waals surface area (Å²) < 4.78 is 0. The summed E-state index contributed by atoms with van der Waals surface area (Å²) >= 11 is 0. The van der Waals surface area contributed by atoms with Crippen molar-refractivity contribution in [1.82, 2.24) is 5.48 Å². The second-order valence-electron chi connectivity index (χ2n) is 6.06. The highest BCUT2D eigenvalue weighted by atomic mass is 16.5. The Morgan fingerprint density at radius 1 is 0.636 bits per heavy atom. The van der Waals surface area contributed by atoms with Crippen LogP contribution in [0.4, 0.5) is 0 Å². The number of hydrogen-bond donors (Lipinski definition) is 2. The van der Waals surface area contributed by atoms with Crippen molar-refractivity contribution in [3.8, 4) is 0 Å². The van der Waals surface area contributed by atoms with Gasteiger partial charge in [0.1, 0.15) is 5.54 Å². The highest BCUT2D eigenvalue weighted by molar-refractivity contribution is 5.70. The van der Waals surface area contributed by atoms with Gasteiger partial charge in [0.05, 0.1) is 0 Å². The van der Waals surface area contributed by atoms with Crippen LogP contribution in [-0.2, 0) is 5.54 Å². The fourth-order valence-electron chi connectivity index (χ4n) is 4.39. The molecule has 3 aromatic rings. The molecule has 2 heteroatoms. The summed E-state index contributed by atoms with van der Waals surface area (Å²) in [6.45, 7) is 0. The summed E-state index contributed by atoms with van der Waals surface area (Å²) in [7, 11) is 0. The lowest BCUT2D eigenvalue weighted by molar-refractivity contribution is 0.0975. The molecule has 3 aromatic carbocycles. The Kier molecular flexibility index (Phi) is 2.25. The lowest BCUT2D eigenvalue weighted by atomic mass is 9.57. The van der Waals surface area contributed by atoms with E-state index >= 15 is 0 Å². The van der Waals surface area contributed by atoms with E-state index in [-0.39, 0.29) is 5.92 Å². The Bertz CT molecular complexity index is 784. The van der Waals surface area contributed by atoms with Crippen LogP contribution in [0.3, 0.4) is 0 Å². The molecule has 0 aliphatic heterocycles. The molecule has 0 fully saturated rings. The molecule has 2 bridgehead atoms. The first-order chi connectivity index (χ1) is 10.9. The highest BCUT2D eigenvalue weighted by Gasteiger charge is 2.51. The van der Waals surface area contributed by atoms with Crippen molar-refractivity contribution in [2.45, 2.75) is 11.5 Å². The normalized spacial score (nSPS) is 23.6. The predicted octanol–water partition coefficient (Wildman–Crippen LogP) is 3.76. The fourth-order valence-corrected chi connectivity index (χ4v) is 4.39. The molecule has 0 spiro atoms. The van der Waals surface area contributed by atoms with Crippen molar-refractivity contribution in [3.05, 3.63) is 106 Å². The van der Waals surface area contributed by atoms with Crippen LogP contribution < -0.4 is 5.48 Å². The summed E-state index contributed by atoms with van der Waals surface area (Å²) in [6, 6.07) is 25.3. The van der Waals surface area contributed by atoms with E-state index in [9.17, 15) is 5.21 Å². The van der Waals surface area contributed by atoms with E-state index < -0.39 is 5.54 Å². The van der Waals surface area contributed by atoms with Crippen molar-refractivity contribution in [2.75, 3.05) is 0 Å². The quantitative estimate of drug-likeness (QED) is 0.667. The number of rotatable bonds is 1. The van der Waals surface area contributed by atoms with Crippen LogP contribution in [0.15, 0.2) is 72.8 Å². The lowest BCUT2D eigenvalue weighted by Crippen LogP contribution is -2.50. The molecule has 0 saturated heterocycles. The minimum absolute atomic E-state index is 0.249. The maximum atomic E-state index is 10.3. The molecule has 3 aliphatic carbocycles. The molecule has 0 radical (unpaired) electrons. The van der Waals surface area contributed by atoms with E-state index in [0.29, 0.717) is 0 Å². The fraction of sp³-hybridized carbons (Fsp3) is 0.100. The monoisotopic (exact) mass is 285 g/mol. The lowest BCUT2D eigenvalue weighted by Gasteiger charge is -2.49. The molecule has 0 aromatic heterocycles. The summed E-state index contributed by atoms with van der Waals surface area (Å²) in [5.74, 6) is 0.249. The topological polar surface area (TPSA) is 32.3 Å². The average Bonchev–Trinajstić information content (AvgIpc) is 2.61. The largest absolute Gasteiger partial charge is 0.315 e. The third-order valence-electron chi connectivity index (χ3n) is 5.20. The van der Waals surface area contributed by atoms with Gasteiger partial charge in [0.25, 0.3) is 0 Å². The zero-order chi connectivity index (χ0) is 14.7. The van der Waals surface area contributed by atoms with Gasteiger partial charge in [-0.05, 0) is 33.4 Å². The molecule has 6 rings (SSSR count). The van der Waals surface area contributed by atoms with Gasteiger partial charge < -0.3 is 5.21 Å². The van der Waals surface area contributed by atoms with Gasteiger partial charge in [-0.1, -0.05) is 72.8 Å². The number of benzene rings is 3. The van der Waals surface area contributed by atoms with Crippen LogP contribution in [0.5, 0.6) is 0 Å². The molecule has 2 nitrogen and oxygen atoms in total. The van der Waals surface area contributed by atoms with Crippen molar-refractivity contribution >= 4 is 0 Å². The van der Waals surface area contributed by atoms with E-state index in [0.717, 1.165) is 16.7 Å². The van der Waals surface area contributed by atoms with Crippen LogP contribution in [0, 0.1) is 0 Å². The van der Waals surface area contributed by atoms with Gasteiger partial charge in [-0.2, -0.15) is 5.48 Å². The molecule has 0 atom stereocenters. The molecule has 3 aliphatic rings. The number of hydroxylamine groups is 1. The minimum atomic E-state index is -0.668. The summed E-state index contributed by atoms with van der Waals surface area (Å²) in [6.07, 6.45) is 0. The van der Waals surface area contributed by atoms with Crippen LogP contribution in [0.1, 0.15) is 39.3 Å². The first-order valence-corrected chi connectivity index (χ1v) is 7.57. The second kappa shape index (κ2) is 4.07. The summed E-state index contributed by atoms with van der Waals surface area (Å²) in [4.78, 5) is 0. The average molecular weight is 285 g/mol. The van der Waals surface area contributed by atoms with Gasteiger partial charge in [-0.25, -0.2) is 0 Å². The third kappa shape index (κ3) is 1.20. The minimum Gasteiger partial charge on any atom is -0.315 e. The van der Waals surface area contributed by atoms with E-state index in [1.54, 1.807) is 0 Å². The molecule has 0 amide bonds. The van der Waals surface area contributed by atoms with Crippen molar-refractivity contribution in [1.29, 1.82) is 0 Å². The second-order valence-corrected chi connectivity index (χ2v) is 6.06. The Balaban J connectivity index is 2.00. The molecule has 22 heavy (non-hydrogen) atoms. The van der Waals surface area contributed by atoms with Gasteiger partial charge in [-0.3, -0.25) is 0 Å². The van der Waals surface area contributed by atoms with Gasteiger partial charge in [0.15, 0.2) is 0 Å². The maximum Gasteiger partial charge on any atom is 0.119 e. The highest BCUT2D eigenvalue weighted by Crippen LogP contribution is 2.57. The van der Waals surface area contributed by atoms with Crippen molar-refractivity contribution in [3.63, 3.8) is 0 Å². The molecule has 106 valence electrons. The first kappa shape index (κ1) is 12.2. The number of nitrogens with one attached hydrogen (secondary N) is 1. The van der Waals surface area contributed by atoms with Gasteiger partial charge in [-0.15, -0.1) is 0 Å². The van der Waals surface area contributed by atoms with E-state index in [4.69, 9.17) is 0 Å². The van der Waals surface area contributed by atoms with Crippen molar-refractivity contribution in [2.24, 2.45) is 0 Å². The van der Waals surface area contributed by atoms with E-state index in [1.807, 2.05) is 18.2 Å². The molecule has 0 saturated carbocycles. The number of hydrogen-bond acceptors (Lipinski definition) is 2. The Hall–Kier alpha value is -2.42. The molecular weight excluding hydrogens is 270 g/mol. The molecular formula is C20H15NO. The summed E-state index contributed by atoms with van der Waals surface area (Å²) in [5.41, 5.74) is 9.30.